The van der Waals surface area contributed by atoms with E-state index in [1.165, 1.54) is 32.1 Å². The van der Waals surface area contributed by atoms with Gasteiger partial charge in [0.1, 0.15) is 11.6 Å². The lowest BCUT2D eigenvalue weighted by molar-refractivity contribution is -0.132. The number of hydrogen-bond donors (Lipinski definition) is 0. The molecule has 2 amide bonds. The van der Waals surface area contributed by atoms with E-state index in [9.17, 15) is 9.59 Å². The molecule has 1 saturated heterocycles. The van der Waals surface area contributed by atoms with Gasteiger partial charge in [0.25, 0.3) is 0 Å². The molecule has 158 valence electrons. The van der Waals surface area contributed by atoms with Gasteiger partial charge in [0, 0.05) is 49.7 Å². The number of hydrogen-bond acceptors (Lipinski definition) is 4. The molecule has 0 spiro atoms. The zero-order chi connectivity index (χ0) is 20.4. The van der Waals surface area contributed by atoms with Gasteiger partial charge in [-0.2, -0.15) is 0 Å². The molecule has 6 heteroatoms. The molecule has 1 atom stereocenters. The molecule has 2 fully saturated rings. The second kappa shape index (κ2) is 8.80. The summed E-state index contributed by atoms with van der Waals surface area (Å²) in [4.78, 5) is 38.8. The summed E-state index contributed by atoms with van der Waals surface area (Å²) in [5, 5.41) is 0. The monoisotopic (exact) mass is 398 g/mol. The standard InChI is InChI=1S/C23H34N4O2/c1-3-20(28)26-13-7-10-18(15-26)22-24-16(2)19-11-12-21(29)27(23(19)25-22)14-17-8-5-4-6-9-17/h17-18H,3-15H2,1-2H3/t18-/m1/s1. The van der Waals surface area contributed by atoms with Crippen LogP contribution in [0.15, 0.2) is 0 Å². The predicted octanol–water partition coefficient (Wildman–Crippen LogP) is 3.76. The first-order chi connectivity index (χ1) is 14.1. The van der Waals surface area contributed by atoms with E-state index in [1.54, 1.807) is 0 Å². The highest BCUT2D eigenvalue weighted by Gasteiger charge is 2.32. The van der Waals surface area contributed by atoms with Crippen molar-refractivity contribution in [2.24, 2.45) is 5.92 Å². The topological polar surface area (TPSA) is 66.4 Å². The third kappa shape index (κ3) is 4.31. The van der Waals surface area contributed by atoms with Gasteiger partial charge >= 0.3 is 0 Å². The highest BCUT2D eigenvalue weighted by Crippen LogP contribution is 2.34. The van der Waals surface area contributed by atoms with E-state index in [1.807, 2.05) is 16.7 Å². The van der Waals surface area contributed by atoms with Crippen molar-refractivity contribution in [2.45, 2.75) is 84.0 Å². The Balaban J connectivity index is 1.60. The summed E-state index contributed by atoms with van der Waals surface area (Å²) in [7, 11) is 0. The second-order valence-corrected chi connectivity index (χ2v) is 9.01. The summed E-state index contributed by atoms with van der Waals surface area (Å²) >= 11 is 0. The Hall–Kier alpha value is -1.98. The van der Waals surface area contributed by atoms with Crippen molar-refractivity contribution in [1.29, 1.82) is 0 Å². The minimum atomic E-state index is 0.164. The summed E-state index contributed by atoms with van der Waals surface area (Å²) in [6, 6.07) is 0. The summed E-state index contributed by atoms with van der Waals surface area (Å²) in [5.74, 6) is 2.84. The van der Waals surface area contributed by atoms with E-state index in [4.69, 9.17) is 9.97 Å². The zero-order valence-corrected chi connectivity index (χ0v) is 18.0. The smallest absolute Gasteiger partial charge is 0.228 e. The first-order valence-corrected chi connectivity index (χ1v) is 11.5. The van der Waals surface area contributed by atoms with Gasteiger partial charge in [-0.05, 0) is 44.9 Å². The van der Waals surface area contributed by atoms with Crippen LogP contribution in [0, 0.1) is 12.8 Å². The maximum absolute atomic E-state index is 12.8. The molecule has 29 heavy (non-hydrogen) atoms. The molecule has 6 nitrogen and oxygen atoms in total. The van der Waals surface area contributed by atoms with Crippen LogP contribution in [0.4, 0.5) is 5.82 Å². The van der Waals surface area contributed by atoms with E-state index in [0.717, 1.165) is 55.3 Å². The lowest BCUT2D eigenvalue weighted by atomic mass is 9.88. The Morgan fingerprint density at radius 3 is 2.62 bits per heavy atom. The second-order valence-electron chi connectivity index (χ2n) is 9.01. The molecule has 2 aliphatic heterocycles. The quantitative estimate of drug-likeness (QED) is 0.774. The zero-order valence-electron chi connectivity index (χ0n) is 18.0. The first kappa shape index (κ1) is 20.3. The molecule has 3 heterocycles. The van der Waals surface area contributed by atoms with Gasteiger partial charge in [-0.3, -0.25) is 14.5 Å². The number of carbonyl (C=O) groups excluding carboxylic acids is 2. The van der Waals surface area contributed by atoms with E-state index < -0.39 is 0 Å². The fourth-order valence-corrected chi connectivity index (χ4v) is 5.24. The number of carbonyl (C=O) groups is 2. The van der Waals surface area contributed by atoms with Crippen molar-refractivity contribution in [1.82, 2.24) is 14.9 Å². The molecule has 1 aromatic rings. The van der Waals surface area contributed by atoms with Crippen LogP contribution in [0.1, 0.15) is 87.7 Å². The van der Waals surface area contributed by atoms with Crippen LogP contribution in [0.5, 0.6) is 0 Å². The molecule has 1 saturated carbocycles. The number of piperidine rings is 1. The van der Waals surface area contributed by atoms with Crippen molar-refractivity contribution in [3.05, 3.63) is 17.1 Å². The number of likely N-dealkylation sites (tertiary alicyclic amines) is 1. The van der Waals surface area contributed by atoms with Crippen molar-refractivity contribution in [2.75, 3.05) is 24.5 Å². The number of amides is 2. The third-order valence-electron chi connectivity index (χ3n) is 6.96. The van der Waals surface area contributed by atoms with Crippen molar-refractivity contribution >= 4 is 17.6 Å². The molecule has 0 unspecified atom stereocenters. The van der Waals surface area contributed by atoms with Gasteiger partial charge in [-0.15, -0.1) is 0 Å². The van der Waals surface area contributed by atoms with E-state index in [0.29, 0.717) is 25.3 Å². The lowest BCUT2D eigenvalue weighted by Gasteiger charge is -2.35. The van der Waals surface area contributed by atoms with Gasteiger partial charge < -0.3 is 4.90 Å². The van der Waals surface area contributed by atoms with E-state index in [-0.39, 0.29) is 17.7 Å². The van der Waals surface area contributed by atoms with Gasteiger partial charge in [0.05, 0.1) is 0 Å². The van der Waals surface area contributed by atoms with Crippen LogP contribution in [0.2, 0.25) is 0 Å². The van der Waals surface area contributed by atoms with E-state index >= 15 is 0 Å². The highest BCUT2D eigenvalue weighted by molar-refractivity contribution is 5.95. The minimum Gasteiger partial charge on any atom is -0.342 e. The Kier molecular flexibility index (Phi) is 6.16. The maximum Gasteiger partial charge on any atom is 0.228 e. The number of anilines is 1. The number of fused-ring (bicyclic) bond motifs is 1. The minimum absolute atomic E-state index is 0.164. The molecule has 1 aromatic heterocycles. The molecular weight excluding hydrogens is 364 g/mol. The largest absolute Gasteiger partial charge is 0.342 e. The van der Waals surface area contributed by atoms with Crippen molar-refractivity contribution < 1.29 is 9.59 Å². The Labute approximate surface area is 174 Å². The Bertz CT molecular complexity index is 772. The van der Waals surface area contributed by atoms with Gasteiger partial charge in [-0.1, -0.05) is 26.2 Å². The Morgan fingerprint density at radius 2 is 1.86 bits per heavy atom. The van der Waals surface area contributed by atoms with Crippen LogP contribution in [-0.2, 0) is 16.0 Å². The van der Waals surface area contributed by atoms with Crippen molar-refractivity contribution in [3.63, 3.8) is 0 Å². The van der Waals surface area contributed by atoms with Crippen LogP contribution >= 0.6 is 0 Å². The normalized spacial score (nSPS) is 23.2. The first-order valence-electron chi connectivity index (χ1n) is 11.5. The van der Waals surface area contributed by atoms with Crippen LogP contribution in [0.3, 0.4) is 0 Å². The molecule has 3 aliphatic rings. The molecule has 1 aliphatic carbocycles. The molecule has 4 rings (SSSR count). The highest BCUT2D eigenvalue weighted by atomic mass is 16.2. The van der Waals surface area contributed by atoms with E-state index in [2.05, 4.69) is 6.92 Å². The van der Waals surface area contributed by atoms with Gasteiger partial charge in [0.2, 0.25) is 11.8 Å². The van der Waals surface area contributed by atoms with Crippen LogP contribution in [-0.4, -0.2) is 46.3 Å². The SMILES string of the molecule is CCC(=O)N1CCC[C@@H](c2nc(C)c3c(n2)N(CC2CCCCC2)C(=O)CC3)C1. The number of rotatable bonds is 4. The van der Waals surface area contributed by atoms with Crippen molar-refractivity contribution in [3.8, 4) is 0 Å². The number of aryl methyl sites for hydroxylation is 1. The third-order valence-corrected chi connectivity index (χ3v) is 6.96. The summed E-state index contributed by atoms with van der Waals surface area (Å²) in [6.45, 7) is 6.30. The molecular formula is C23H34N4O2. The maximum atomic E-state index is 12.8. The average Bonchev–Trinajstić information content (AvgIpc) is 2.76. The van der Waals surface area contributed by atoms with Crippen LogP contribution < -0.4 is 4.90 Å². The summed E-state index contributed by atoms with van der Waals surface area (Å²) in [5.41, 5.74) is 2.14. The average molecular weight is 399 g/mol. The predicted molar refractivity (Wildman–Crippen MR) is 113 cm³/mol. The fraction of sp³-hybridized carbons (Fsp3) is 0.739. The number of aromatic nitrogens is 2. The molecule has 0 radical (unpaired) electrons. The fourth-order valence-electron chi connectivity index (χ4n) is 5.24. The summed E-state index contributed by atoms with van der Waals surface area (Å²) < 4.78 is 0. The van der Waals surface area contributed by atoms with Crippen LogP contribution in [0.25, 0.3) is 0 Å². The molecule has 0 bridgehead atoms. The van der Waals surface area contributed by atoms with Gasteiger partial charge in [-0.25, -0.2) is 9.97 Å². The summed E-state index contributed by atoms with van der Waals surface area (Å²) in [6.07, 6.45) is 10.1. The van der Waals surface area contributed by atoms with Gasteiger partial charge in [0.15, 0.2) is 0 Å². The lowest BCUT2D eigenvalue weighted by Crippen LogP contribution is -2.41. The Morgan fingerprint density at radius 1 is 1.07 bits per heavy atom. The molecule has 0 N–H and O–H groups in total. The number of nitrogens with zero attached hydrogens (tertiary/aromatic N) is 4. The molecule has 0 aromatic carbocycles.